The first-order valence-electron chi connectivity index (χ1n) is 7.79. The van der Waals surface area contributed by atoms with Crippen LogP contribution in [-0.4, -0.2) is 36.0 Å². The number of benzene rings is 2. The zero-order valence-corrected chi connectivity index (χ0v) is 14.1. The summed E-state index contributed by atoms with van der Waals surface area (Å²) in [4.78, 5) is 48.8. The van der Waals surface area contributed by atoms with Gasteiger partial charge >= 0.3 is 12.0 Å². The van der Waals surface area contributed by atoms with Crippen molar-refractivity contribution in [2.45, 2.75) is 0 Å². The molecule has 8 nitrogen and oxygen atoms in total. The van der Waals surface area contributed by atoms with Crippen molar-refractivity contribution in [3.8, 4) is 5.75 Å². The number of aromatic carboxylic acids is 1. The molecule has 136 valence electrons. The van der Waals surface area contributed by atoms with Gasteiger partial charge in [-0.3, -0.25) is 14.9 Å². The van der Waals surface area contributed by atoms with Crippen molar-refractivity contribution in [2.75, 3.05) is 12.0 Å². The average molecular weight is 366 g/mol. The lowest BCUT2D eigenvalue weighted by Gasteiger charge is -2.26. The summed E-state index contributed by atoms with van der Waals surface area (Å²) in [5.74, 6) is -2.26. The van der Waals surface area contributed by atoms with Crippen LogP contribution < -0.4 is 15.0 Å². The predicted molar refractivity (Wildman–Crippen MR) is 95.4 cm³/mol. The maximum atomic E-state index is 12.8. The first-order valence-corrected chi connectivity index (χ1v) is 7.79. The molecule has 0 radical (unpaired) electrons. The number of carboxylic acids is 1. The highest BCUT2D eigenvalue weighted by molar-refractivity contribution is 6.39. The fraction of sp³-hybridized carbons (Fsp3) is 0.0526. The number of urea groups is 1. The quantitative estimate of drug-likeness (QED) is 0.633. The van der Waals surface area contributed by atoms with Gasteiger partial charge in [-0.2, -0.15) is 0 Å². The van der Waals surface area contributed by atoms with E-state index < -0.39 is 23.8 Å². The molecule has 1 saturated heterocycles. The maximum absolute atomic E-state index is 12.8. The predicted octanol–water partition coefficient (Wildman–Crippen LogP) is 2.06. The number of hydrogen-bond donors (Lipinski definition) is 2. The monoisotopic (exact) mass is 366 g/mol. The average Bonchev–Trinajstić information content (AvgIpc) is 2.65. The van der Waals surface area contributed by atoms with Crippen LogP contribution >= 0.6 is 0 Å². The van der Waals surface area contributed by atoms with Crippen molar-refractivity contribution in [3.63, 3.8) is 0 Å². The highest BCUT2D eigenvalue weighted by Crippen LogP contribution is 2.25. The lowest BCUT2D eigenvalue weighted by atomic mass is 10.1. The van der Waals surface area contributed by atoms with Gasteiger partial charge in [-0.25, -0.2) is 14.5 Å². The minimum absolute atomic E-state index is 0.0738. The molecule has 0 saturated carbocycles. The SMILES string of the molecule is COc1cccc(N2C(=O)NC(=O)/C(=C/c3ccc(C(=O)O)cc3)C2=O)c1. The molecule has 0 spiro atoms. The number of carbonyl (C=O) groups excluding carboxylic acids is 3. The van der Waals surface area contributed by atoms with Crippen LogP contribution in [0.3, 0.4) is 0 Å². The molecule has 27 heavy (non-hydrogen) atoms. The zero-order chi connectivity index (χ0) is 19.6. The summed E-state index contributed by atoms with van der Waals surface area (Å²) in [5, 5.41) is 11.0. The molecule has 4 amide bonds. The zero-order valence-electron chi connectivity index (χ0n) is 14.1. The molecule has 1 heterocycles. The summed E-state index contributed by atoms with van der Waals surface area (Å²) in [5.41, 5.74) is 0.514. The fourth-order valence-corrected chi connectivity index (χ4v) is 2.53. The summed E-state index contributed by atoms with van der Waals surface area (Å²) in [6.45, 7) is 0. The number of ether oxygens (including phenoxy) is 1. The van der Waals surface area contributed by atoms with E-state index in [1.165, 1.54) is 49.6 Å². The largest absolute Gasteiger partial charge is 0.497 e. The first-order chi connectivity index (χ1) is 12.9. The van der Waals surface area contributed by atoms with Gasteiger partial charge in [0.1, 0.15) is 11.3 Å². The molecule has 1 fully saturated rings. The topological polar surface area (TPSA) is 113 Å². The van der Waals surface area contributed by atoms with Crippen LogP contribution in [0.4, 0.5) is 10.5 Å². The van der Waals surface area contributed by atoms with Crippen molar-refractivity contribution in [1.82, 2.24) is 5.32 Å². The van der Waals surface area contributed by atoms with E-state index in [1.54, 1.807) is 12.1 Å². The van der Waals surface area contributed by atoms with Gasteiger partial charge in [0.15, 0.2) is 0 Å². The Labute approximate surface area is 153 Å². The molecule has 0 atom stereocenters. The smallest absolute Gasteiger partial charge is 0.335 e. The van der Waals surface area contributed by atoms with E-state index in [0.29, 0.717) is 11.3 Å². The lowest BCUT2D eigenvalue weighted by Crippen LogP contribution is -2.54. The van der Waals surface area contributed by atoms with Crippen molar-refractivity contribution in [2.24, 2.45) is 0 Å². The van der Waals surface area contributed by atoms with E-state index in [4.69, 9.17) is 9.84 Å². The van der Waals surface area contributed by atoms with Crippen LogP contribution in [0.15, 0.2) is 54.1 Å². The summed E-state index contributed by atoms with van der Waals surface area (Å²) >= 11 is 0. The molecule has 2 N–H and O–H groups in total. The maximum Gasteiger partial charge on any atom is 0.335 e. The molecule has 2 aromatic rings. The molecular weight excluding hydrogens is 352 g/mol. The number of anilines is 1. The number of hydrogen-bond acceptors (Lipinski definition) is 5. The van der Waals surface area contributed by atoms with Crippen molar-refractivity contribution in [1.29, 1.82) is 0 Å². The van der Waals surface area contributed by atoms with Crippen LogP contribution in [0.2, 0.25) is 0 Å². The van der Waals surface area contributed by atoms with E-state index in [2.05, 4.69) is 5.32 Å². The van der Waals surface area contributed by atoms with Gasteiger partial charge in [0.05, 0.1) is 18.4 Å². The number of amides is 4. The molecule has 0 aliphatic carbocycles. The van der Waals surface area contributed by atoms with E-state index in [9.17, 15) is 19.2 Å². The summed E-state index contributed by atoms with van der Waals surface area (Å²) in [6.07, 6.45) is 1.29. The molecule has 0 aromatic heterocycles. The van der Waals surface area contributed by atoms with Crippen LogP contribution in [0.5, 0.6) is 5.75 Å². The van der Waals surface area contributed by atoms with Crippen LogP contribution in [0, 0.1) is 0 Å². The van der Waals surface area contributed by atoms with E-state index in [1.807, 2.05) is 0 Å². The number of nitrogens with one attached hydrogen (secondary N) is 1. The van der Waals surface area contributed by atoms with Gasteiger partial charge < -0.3 is 9.84 Å². The minimum Gasteiger partial charge on any atom is -0.497 e. The van der Waals surface area contributed by atoms with Gasteiger partial charge in [-0.05, 0) is 35.9 Å². The van der Waals surface area contributed by atoms with Gasteiger partial charge in [-0.1, -0.05) is 18.2 Å². The molecule has 8 heteroatoms. The molecule has 0 unspecified atom stereocenters. The Hall–Kier alpha value is -3.94. The second-order valence-corrected chi connectivity index (χ2v) is 5.59. The van der Waals surface area contributed by atoms with Crippen molar-refractivity contribution in [3.05, 3.63) is 65.2 Å². The van der Waals surface area contributed by atoms with E-state index >= 15 is 0 Å². The number of carbonyl (C=O) groups is 4. The van der Waals surface area contributed by atoms with Crippen molar-refractivity contribution < 1.29 is 29.0 Å². The minimum atomic E-state index is -1.09. The molecule has 2 aromatic carbocycles. The number of rotatable bonds is 4. The number of barbiturate groups is 1. The summed E-state index contributed by atoms with van der Waals surface area (Å²) in [6, 6.07) is 11.1. The second kappa shape index (κ2) is 7.12. The molecule has 1 aliphatic heterocycles. The number of carboxylic acid groups (broad SMARTS) is 1. The Bertz CT molecular complexity index is 978. The molecule has 1 aliphatic rings. The Morgan fingerprint density at radius 3 is 2.44 bits per heavy atom. The first kappa shape index (κ1) is 17.9. The number of nitrogens with zero attached hydrogens (tertiary/aromatic N) is 1. The van der Waals surface area contributed by atoms with Gasteiger partial charge in [0, 0.05) is 6.07 Å². The third-order valence-electron chi connectivity index (χ3n) is 3.88. The Morgan fingerprint density at radius 2 is 1.81 bits per heavy atom. The number of imide groups is 2. The van der Waals surface area contributed by atoms with E-state index in [-0.39, 0.29) is 16.8 Å². The van der Waals surface area contributed by atoms with Gasteiger partial charge in [0.2, 0.25) is 0 Å². The summed E-state index contributed by atoms with van der Waals surface area (Å²) < 4.78 is 5.09. The Morgan fingerprint density at radius 1 is 1.11 bits per heavy atom. The molecule has 0 bridgehead atoms. The van der Waals surface area contributed by atoms with E-state index in [0.717, 1.165) is 4.90 Å². The van der Waals surface area contributed by atoms with Crippen molar-refractivity contribution >= 4 is 35.6 Å². The second-order valence-electron chi connectivity index (χ2n) is 5.59. The number of methoxy groups -OCH3 is 1. The van der Waals surface area contributed by atoms with Crippen LogP contribution in [0.1, 0.15) is 15.9 Å². The normalized spacial score (nSPS) is 15.7. The lowest BCUT2D eigenvalue weighted by molar-refractivity contribution is -0.122. The third kappa shape index (κ3) is 3.54. The van der Waals surface area contributed by atoms with Crippen LogP contribution in [-0.2, 0) is 9.59 Å². The van der Waals surface area contributed by atoms with Gasteiger partial charge in [-0.15, -0.1) is 0 Å². The molecular formula is C19H14N2O6. The third-order valence-corrected chi connectivity index (χ3v) is 3.88. The highest BCUT2D eigenvalue weighted by atomic mass is 16.5. The Kier molecular flexibility index (Phi) is 4.71. The van der Waals surface area contributed by atoms with Gasteiger partial charge in [0.25, 0.3) is 11.8 Å². The Balaban J connectivity index is 1.97. The highest BCUT2D eigenvalue weighted by Gasteiger charge is 2.36. The fourth-order valence-electron chi connectivity index (χ4n) is 2.53. The standard InChI is InChI=1S/C19H14N2O6/c1-27-14-4-2-3-13(10-14)21-17(23)15(16(22)20-19(21)26)9-11-5-7-12(8-6-11)18(24)25/h2-10H,1H3,(H,24,25)(H,20,22,26)/b15-9-. The molecule has 3 rings (SSSR count). The van der Waals surface area contributed by atoms with Crippen LogP contribution in [0.25, 0.3) is 6.08 Å². The summed E-state index contributed by atoms with van der Waals surface area (Å²) in [7, 11) is 1.45.